The molecule has 1 saturated carbocycles. The van der Waals surface area contributed by atoms with E-state index >= 15 is 0 Å². The molecular formula is C15H20ClF. The lowest BCUT2D eigenvalue weighted by Crippen LogP contribution is -2.12. The fourth-order valence-electron chi connectivity index (χ4n) is 2.76. The lowest BCUT2D eigenvalue weighted by Gasteiger charge is -2.27. The minimum atomic E-state index is -0.175. The first-order valence-electron chi connectivity index (χ1n) is 6.60. The Morgan fingerprint density at radius 1 is 1.24 bits per heavy atom. The summed E-state index contributed by atoms with van der Waals surface area (Å²) in [6, 6.07) is 3.93. The van der Waals surface area contributed by atoms with Gasteiger partial charge in [-0.25, -0.2) is 4.39 Å². The molecule has 1 fully saturated rings. The Hall–Kier alpha value is -0.560. The lowest BCUT2D eigenvalue weighted by atomic mass is 9.79. The number of halogens is 2. The largest absolute Gasteiger partial charge is 0.205 e. The van der Waals surface area contributed by atoms with E-state index in [9.17, 15) is 4.39 Å². The quantitative estimate of drug-likeness (QED) is 0.669. The Labute approximate surface area is 108 Å². The summed E-state index contributed by atoms with van der Waals surface area (Å²) in [5.74, 6) is 0.986. The van der Waals surface area contributed by atoms with Gasteiger partial charge in [0, 0.05) is 0 Å². The lowest BCUT2D eigenvalue weighted by molar-refractivity contribution is 0.342. The van der Waals surface area contributed by atoms with Crippen LogP contribution in [0, 0.1) is 11.7 Å². The Morgan fingerprint density at radius 2 is 1.88 bits per heavy atom. The maximum Gasteiger partial charge on any atom is 0.145 e. The van der Waals surface area contributed by atoms with Crippen LogP contribution in [0.15, 0.2) is 12.1 Å². The Balaban J connectivity index is 2.24. The van der Waals surface area contributed by atoms with Crippen molar-refractivity contribution < 1.29 is 4.39 Å². The van der Waals surface area contributed by atoms with Gasteiger partial charge in [0.2, 0.25) is 0 Å². The first-order valence-corrected chi connectivity index (χ1v) is 6.98. The van der Waals surface area contributed by atoms with E-state index in [0.29, 0.717) is 10.9 Å². The van der Waals surface area contributed by atoms with Gasteiger partial charge in [-0.05, 0) is 42.2 Å². The minimum absolute atomic E-state index is 0.175. The van der Waals surface area contributed by atoms with E-state index in [1.54, 1.807) is 0 Å². The molecule has 0 N–H and O–H groups in total. The average molecular weight is 255 g/mol. The molecule has 1 aromatic rings. The van der Waals surface area contributed by atoms with Gasteiger partial charge in [-0.1, -0.05) is 50.4 Å². The van der Waals surface area contributed by atoms with Crippen molar-refractivity contribution in [2.45, 2.75) is 51.9 Å². The molecule has 1 aromatic carbocycles. The third kappa shape index (κ3) is 2.65. The van der Waals surface area contributed by atoms with Gasteiger partial charge in [-0.3, -0.25) is 0 Å². The second-order valence-electron chi connectivity index (χ2n) is 5.25. The summed E-state index contributed by atoms with van der Waals surface area (Å²) >= 11 is 6.07. The van der Waals surface area contributed by atoms with Gasteiger partial charge in [0.05, 0.1) is 5.02 Å². The zero-order chi connectivity index (χ0) is 12.4. The summed E-state index contributed by atoms with van der Waals surface area (Å²) in [7, 11) is 0. The second kappa shape index (κ2) is 5.39. The van der Waals surface area contributed by atoms with Crippen LogP contribution in [0.2, 0.25) is 5.02 Å². The molecule has 17 heavy (non-hydrogen) atoms. The highest BCUT2D eigenvalue weighted by Crippen LogP contribution is 2.38. The summed E-state index contributed by atoms with van der Waals surface area (Å²) in [6.45, 7) is 4.28. The van der Waals surface area contributed by atoms with Crippen LogP contribution in [-0.2, 0) is 6.42 Å². The zero-order valence-electron chi connectivity index (χ0n) is 10.6. The van der Waals surface area contributed by atoms with Crippen molar-refractivity contribution in [3.05, 3.63) is 34.1 Å². The molecule has 0 unspecified atom stereocenters. The van der Waals surface area contributed by atoms with Crippen LogP contribution in [0.3, 0.4) is 0 Å². The van der Waals surface area contributed by atoms with Gasteiger partial charge < -0.3 is 0 Å². The Morgan fingerprint density at radius 3 is 2.47 bits per heavy atom. The van der Waals surface area contributed by atoms with Crippen LogP contribution in [0.5, 0.6) is 0 Å². The summed E-state index contributed by atoms with van der Waals surface area (Å²) in [5.41, 5.74) is 1.75. The van der Waals surface area contributed by atoms with E-state index in [1.807, 2.05) is 19.1 Å². The van der Waals surface area contributed by atoms with Crippen LogP contribution in [-0.4, -0.2) is 0 Å². The molecule has 0 aromatic heterocycles. The van der Waals surface area contributed by atoms with Gasteiger partial charge >= 0.3 is 0 Å². The van der Waals surface area contributed by atoms with Crippen molar-refractivity contribution >= 4 is 11.6 Å². The van der Waals surface area contributed by atoms with Crippen molar-refractivity contribution in [1.82, 2.24) is 0 Å². The SMILES string of the molecule is CCc1ccc(C2CCC(C)CC2)c(F)c1Cl. The fourth-order valence-corrected chi connectivity index (χ4v) is 3.07. The molecule has 0 saturated heterocycles. The van der Waals surface area contributed by atoms with Gasteiger partial charge in [-0.2, -0.15) is 0 Å². The zero-order valence-corrected chi connectivity index (χ0v) is 11.4. The number of rotatable bonds is 2. The molecule has 0 heterocycles. The molecule has 0 radical (unpaired) electrons. The van der Waals surface area contributed by atoms with Crippen LogP contribution in [0.4, 0.5) is 4.39 Å². The summed E-state index contributed by atoms with van der Waals surface area (Å²) in [6.07, 6.45) is 5.39. The van der Waals surface area contributed by atoms with E-state index in [1.165, 1.54) is 12.8 Å². The third-order valence-corrected chi connectivity index (χ3v) is 4.44. The molecule has 1 aliphatic carbocycles. The number of aryl methyl sites for hydroxylation is 1. The predicted octanol–water partition coefficient (Wildman–Crippen LogP) is 5.34. The third-order valence-electron chi connectivity index (χ3n) is 4.03. The highest BCUT2D eigenvalue weighted by molar-refractivity contribution is 6.31. The monoisotopic (exact) mass is 254 g/mol. The summed E-state index contributed by atoms with van der Waals surface area (Å²) in [4.78, 5) is 0. The Kier molecular flexibility index (Phi) is 4.09. The van der Waals surface area contributed by atoms with Crippen LogP contribution < -0.4 is 0 Å². The van der Waals surface area contributed by atoms with Gasteiger partial charge in [-0.15, -0.1) is 0 Å². The van der Waals surface area contributed by atoms with Gasteiger partial charge in [0.15, 0.2) is 0 Å². The molecule has 0 bridgehead atoms. The Bertz CT molecular complexity index is 392. The average Bonchev–Trinajstić information content (AvgIpc) is 2.34. The molecule has 94 valence electrons. The highest BCUT2D eigenvalue weighted by atomic mass is 35.5. The van der Waals surface area contributed by atoms with Crippen molar-refractivity contribution in [1.29, 1.82) is 0 Å². The fraction of sp³-hybridized carbons (Fsp3) is 0.600. The van der Waals surface area contributed by atoms with Crippen LogP contribution in [0.25, 0.3) is 0 Å². The molecule has 1 aliphatic rings. The molecule has 0 aliphatic heterocycles. The molecule has 0 nitrogen and oxygen atoms in total. The summed E-state index contributed by atoms with van der Waals surface area (Å²) < 4.78 is 14.2. The number of benzene rings is 1. The molecule has 2 heteroatoms. The highest BCUT2D eigenvalue weighted by Gasteiger charge is 2.23. The van der Waals surface area contributed by atoms with Crippen molar-refractivity contribution in [2.75, 3.05) is 0 Å². The molecule has 2 rings (SSSR count). The molecule has 0 amide bonds. The molecular weight excluding hydrogens is 235 g/mol. The van der Waals surface area contributed by atoms with Crippen molar-refractivity contribution in [3.8, 4) is 0 Å². The standard InChI is InChI=1S/C15H20ClF/c1-3-11-8-9-13(15(17)14(11)16)12-6-4-10(2)5-7-12/h8-10,12H,3-7H2,1-2H3. The van der Waals surface area contributed by atoms with Gasteiger partial charge in [0.25, 0.3) is 0 Å². The first kappa shape index (κ1) is 12.9. The predicted molar refractivity (Wildman–Crippen MR) is 71.2 cm³/mol. The maximum atomic E-state index is 14.2. The van der Waals surface area contributed by atoms with Crippen LogP contribution >= 0.6 is 11.6 Å². The van der Waals surface area contributed by atoms with E-state index in [4.69, 9.17) is 11.6 Å². The minimum Gasteiger partial charge on any atom is -0.205 e. The van der Waals surface area contributed by atoms with Crippen LogP contribution in [0.1, 0.15) is 56.6 Å². The van der Waals surface area contributed by atoms with Crippen molar-refractivity contribution in [3.63, 3.8) is 0 Å². The van der Waals surface area contributed by atoms with E-state index < -0.39 is 0 Å². The molecule has 0 atom stereocenters. The van der Waals surface area contributed by atoms with Crippen molar-refractivity contribution in [2.24, 2.45) is 5.92 Å². The topological polar surface area (TPSA) is 0 Å². The number of hydrogen-bond donors (Lipinski definition) is 0. The van der Waals surface area contributed by atoms with Gasteiger partial charge in [0.1, 0.15) is 5.82 Å². The summed E-state index contributed by atoms with van der Waals surface area (Å²) in [5, 5.41) is 0.337. The second-order valence-corrected chi connectivity index (χ2v) is 5.63. The first-order chi connectivity index (χ1) is 8.13. The smallest absolute Gasteiger partial charge is 0.145 e. The number of hydrogen-bond acceptors (Lipinski definition) is 0. The van der Waals surface area contributed by atoms with E-state index in [2.05, 4.69) is 6.92 Å². The molecule has 0 spiro atoms. The normalized spacial score (nSPS) is 24.9. The van der Waals surface area contributed by atoms with E-state index in [0.717, 1.165) is 36.3 Å². The maximum absolute atomic E-state index is 14.2. The van der Waals surface area contributed by atoms with E-state index in [-0.39, 0.29) is 5.82 Å².